The highest BCUT2D eigenvalue weighted by atomic mass is 31.2. The third kappa shape index (κ3) is 77.6. The molecule has 96 heavy (non-hydrogen) atoms. The second-order valence-electron chi connectivity index (χ2n) is 25.5. The lowest BCUT2D eigenvalue weighted by atomic mass is 10.0. The van der Waals surface area contributed by atoms with Crippen molar-refractivity contribution in [1.29, 1.82) is 0 Å². The van der Waals surface area contributed by atoms with Crippen molar-refractivity contribution in [2.45, 2.75) is 277 Å². The Kier molecular flexibility index (Phi) is 69.7. The normalized spacial score (nSPS) is 14.3. The Bertz CT molecular complexity index is 2380. The minimum absolute atomic E-state index is 0.0478. The first-order valence-corrected chi connectivity index (χ1v) is 39.3. The number of unbranched alkanes of at least 4 members (excludes halogenated alkanes) is 19. The van der Waals surface area contributed by atoms with E-state index < -0.39 is 32.5 Å². The Hall–Kier alpha value is -5.41. The average molecular weight is 1350 g/mol. The second kappa shape index (κ2) is 73.8. The van der Waals surface area contributed by atoms with Crippen LogP contribution in [0.3, 0.4) is 0 Å². The van der Waals surface area contributed by atoms with Crippen molar-refractivity contribution in [3.8, 4) is 0 Å². The van der Waals surface area contributed by atoms with Crippen LogP contribution in [-0.2, 0) is 32.7 Å². The Morgan fingerprint density at radius 3 is 0.844 bits per heavy atom. The lowest BCUT2D eigenvalue weighted by Crippen LogP contribution is -2.37. The van der Waals surface area contributed by atoms with Crippen LogP contribution in [0.4, 0.5) is 0 Å². The summed E-state index contributed by atoms with van der Waals surface area (Å²) < 4.78 is 34.3. The minimum Gasteiger partial charge on any atom is -0.756 e. The van der Waals surface area contributed by atoms with Crippen molar-refractivity contribution < 1.29 is 42.1 Å². The third-order valence-corrected chi connectivity index (χ3v) is 16.3. The number of rotatable bonds is 67. The number of nitrogens with zero attached hydrogens (tertiary/aromatic N) is 1. The molecule has 0 saturated carbocycles. The molecular weight excluding hydrogens is 1210 g/mol. The number of phosphoric acid groups is 1. The first-order chi connectivity index (χ1) is 47.0. The van der Waals surface area contributed by atoms with E-state index in [0.29, 0.717) is 23.9 Å². The molecule has 0 amide bonds. The summed E-state index contributed by atoms with van der Waals surface area (Å²) in [5.74, 6) is -0.882. The summed E-state index contributed by atoms with van der Waals surface area (Å²) in [7, 11) is 1.12. The second-order valence-corrected chi connectivity index (χ2v) is 27.0. The van der Waals surface area contributed by atoms with Crippen molar-refractivity contribution in [3.63, 3.8) is 0 Å². The maximum absolute atomic E-state index is 12.9. The van der Waals surface area contributed by atoms with E-state index in [-0.39, 0.29) is 26.1 Å². The first-order valence-electron chi connectivity index (χ1n) is 37.8. The Balaban J connectivity index is 4.15. The van der Waals surface area contributed by atoms with Gasteiger partial charge in [-0.15, -0.1) is 0 Å². The maximum atomic E-state index is 12.9. The maximum Gasteiger partial charge on any atom is 0.306 e. The van der Waals surface area contributed by atoms with Crippen molar-refractivity contribution in [1.82, 2.24) is 0 Å². The molecule has 0 aliphatic heterocycles. The molecule has 0 fully saturated rings. The van der Waals surface area contributed by atoms with E-state index >= 15 is 0 Å². The van der Waals surface area contributed by atoms with E-state index in [2.05, 4.69) is 220 Å². The standard InChI is InChI=1S/C86H138NO8P/c1-6-8-10-12-14-16-18-20-22-24-26-28-30-32-34-36-38-40-42-43-45-47-49-51-53-55-57-59-61-63-65-67-69-71-73-75-77-79-86(89)95-84(83-94-96(90,91)93-81-80-87(3,4)5)82-92-85(88)78-76-74-72-70-68-66-64-62-60-58-56-54-52-50-48-46-44-41-39-37-35-33-31-29-27-25-23-21-19-17-15-13-11-9-7-2/h8-11,14-17,20-23,26-29,32-35,38-41,43,45,49,51,55,57,61,63,67,69,84H,6-7,12-13,18-19,24-25,30-31,36-37,42,44,46-48,50,52-54,56,58-60,62,64-66,68,70-83H2,1-5H3/b10-8-,11-9-,16-14-,17-15-,22-20-,23-21-,28-26-,29-27-,34-32-,35-33-,40-38-,41-39-,45-43-,51-49-,57-55-,63-61-,69-67-. The van der Waals surface area contributed by atoms with Gasteiger partial charge in [-0.3, -0.25) is 14.2 Å². The molecule has 0 aliphatic rings. The van der Waals surface area contributed by atoms with Crippen LogP contribution in [0.2, 0.25) is 0 Å². The van der Waals surface area contributed by atoms with E-state index in [0.717, 1.165) is 148 Å². The molecule has 0 aromatic rings. The number of esters is 2. The minimum atomic E-state index is -4.67. The summed E-state index contributed by atoms with van der Waals surface area (Å²) in [6.07, 6.45) is 116. The molecule has 0 aromatic carbocycles. The average Bonchev–Trinajstić information content (AvgIpc) is 2.72. The van der Waals surface area contributed by atoms with Crippen molar-refractivity contribution in [2.75, 3.05) is 47.5 Å². The fourth-order valence-electron chi connectivity index (χ4n) is 9.61. The Morgan fingerprint density at radius 1 is 0.323 bits per heavy atom. The summed E-state index contributed by atoms with van der Waals surface area (Å²) in [6, 6.07) is 0. The summed E-state index contributed by atoms with van der Waals surface area (Å²) in [5, 5.41) is 0. The highest BCUT2D eigenvalue weighted by Crippen LogP contribution is 2.38. The van der Waals surface area contributed by atoms with Crippen LogP contribution < -0.4 is 4.89 Å². The van der Waals surface area contributed by atoms with Crippen LogP contribution in [0.1, 0.15) is 271 Å². The number of phosphoric ester groups is 1. The number of ether oxygens (including phenoxy) is 2. The van der Waals surface area contributed by atoms with E-state index in [4.69, 9.17) is 18.5 Å². The number of carbonyl (C=O) groups excluding carboxylic acids is 2. The van der Waals surface area contributed by atoms with Gasteiger partial charge in [-0.25, -0.2) is 0 Å². The highest BCUT2D eigenvalue weighted by Gasteiger charge is 2.22. The topological polar surface area (TPSA) is 111 Å². The summed E-state index contributed by atoms with van der Waals surface area (Å²) in [5.41, 5.74) is 0. The molecule has 0 bridgehead atoms. The molecule has 540 valence electrons. The molecule has 0 radical (unpaired) electrons. The molecule has 10 heteroatoms. The van der Waals surface area contributed by atoms with Crippen molar-refractivity contribution in [3.05, 3.63) is 207 Å². The summed E-state index contributed by atoms with van der Waals surface area (Å²) in [4.78, 5) is 38.1. The fourth-order valence-corrected chi connectivity index (χ4v) is 10.3. The predicted molar refractivity (Wildman–Crippen MR) is 415 cm³/mol. The van der Waals surface area contributed by atoms with Gasteiger partial charge in [-0.1, -0.05) is 317 Å². The van der Waals surface area contributed by atoms with Gasteiger partial charge in [-0.05, 0) is 148 Å². The molecular formula is C86H138NO8P. The fraction of sp³-hybridized carbons (Fsp3) is 0.581. The van der Waals surface area contributed by atoms with E-state index in [1.807, 2.05) is 21.1 Å². The lowest BCUT2D eigenvalue weighted by molar-refractivity contribution is -0.870. The largest absolute Gasteiger partial charge is 0.756 e. The SMILES string of the molecule is CC/C=C\C/C=C\C/C=C\C/C=C\C/C=C\C/C=C\C/C=C\C/C=C\C/C=C\C/C=C\C/C=C\CCCCCC(=O)OC(COC(=O)CCCCCCCCCCCCCCCCCC/C=C\C/C=C\C/C=C\C/C=C\C/C=C\C/C=C\CC)COP(=O)([O-])OCC[N+](C)(C)C. The zero-order chi connectivity index (χ0) is 69.7. The molecule has 0 aromatic heterocycles. The quantitative estimate of drug-likeness (QED) is 0.0195. The van der Waals surface area contributed by atoms with Gasteiger partial charge in [0.1, 0.15) is 19.8 Å². The van der Waals surface area contributed by atoms with Crippen LogP contribution in [0.15, 0.2) is 207 Å². The van der Waals surface area contributed by atoms with E-state index in [9.17, 15) is 19.0 Å². The molecule has 0 rings (SSSR count). The molecule has 0 saturated heterocycles. The monoisotopic (exact) mass is 1340 g/mol. The van der Waals surface area contributed by atoms with Gasteiger partial charge in [-0.2, -0.15) is 0 Å². The van der Waals surface area contributed by atoms with Gasteiger partial charge >= 0.3 is 11.9 Å². The number of hydrogen-bond acceptors (Lipinski definition) is 8. The summed E-state index contributed by atoms with van der Waals surface area (Å²) in [6.45, 7) is 3.96. The number of likely N-dealkylation sites (N-methyl/N-ethyl adjacent to an activating group) is 1. The van der Waals surface area contributed by atoms with Crippen molar-refractivity contribution in [2.24, 2.45) is 0 Å². The Morgan fingerprint density at radius 2 is 0.562 bits per heavy atom. The van der Waals surface area contributed by atoms with Crippen LogP contribution in [-0.4, -0.2) is 70.0 Å². The van der Waals surface area contributed by atoms with Gasteiger partial charge < -0.3 is 27.9 Å². The lowest BCUT2D eigenvalue weighted by Gasteiger charge is -2.28. The van der Waals surface area contributed by atoms with Gasteiger partial charge in [0.25, 0.3) is 7.82 Å². The van der Waals surface area contributed by atoms with Crippen LogP contribution in [0, 0.1) is 0 Å². The van der Waals surface area contributed by atoms with Crippen molar-refractivity contribution >= 4 is 19.8 Å². The van der Waals surface area contributed by atoms with E-state index in [1.165, 1.54) is 83.5 Å². The Labute approximate surface area is 589 Å². The zero-order valence-electron chi connectivity index (χ0n) is 61.5. The number of quaternary nitrogens is 1. The highest BCUT2D eigenvalue weighted by molar-refractivity contribution is 7.45. The summed E-state index contributed by atoms with van der Waals surface area (Å²) >= 11 is 0. The van der Waals surface area contributed by atoms with Gasteiger partial charge in [0, 0.05) is 12.8 Å². The van der Waals surface area contributed by atoms with E-state index in [1.54, 1.807) is 0 Å². The molecule has 0 aliphatic carbocycles. The molecule has 2 unspecified atom stereocenters. The molecule has 9 nitrogen and oxygen atoms in total. The molecule has 2 atom stereocenters. The molecule has 0 N–H and O–H groups in total. The predicted octanol–water partition coefficient (Wildman–Crippen LogP) is 24.7. The first kappa shape index (κ1) is 90.6. The third-order valence-electron chi connectivity index (χ3n) is 15.3. The van der Waals surface area contributed by atoms with Gasteiger partial charge in [0.2, 0.25) is 0 Å². The van der Waals surface area contributed by atoms with Crippen LogP contribution >= 0.6 is 7.82 Å². The molecule has 0 heterocycles. The molecule has 0 spiro atoms. The number of hydrogen-bond donors (Lipinski definition) is 0. The number of allylic oxidation sites excluding steroid dienone is 34. The van der Waals surface area contributed by atoms with Crippen LogP contribution in [0.5, 0.6) is 0 Å². The zero-order valence-corrected chi connectivity index (χ0v) is 62.4. The smallest absolute Gasteiger partial charge is 0.306 e. The van der Waals surface area contributed by atoms with Crippen LogP contribution in [0.25, 0.3) is 0 Å². The van der Waals surface area contributed by atoms with Gasteiger partial charge in [0.15, 0.2) is 6.10 Å². The van der Waals surface area contributed by atoms with Gasteiger partial charge in [0.05, 0.1) is 27.7 Å². The number of carbonyl (C=O) groups is 2.